The maximum absolute atomic E-state index is 14.0. The van der Waals surface area contributed by atoms with Crippen LogP contribution >= 0.6 is 11.6 Å². The number of imidazole rings is 2. The molecule has 0 bridgehead atoms. The van der Waals surface area contributed by atoms with Crippen molar-refractivity contribution >= 4 is 65.5 Å². The van der Waals surface area contributed by atoms with Crippen molar-refractivity contribution in [2.45, 2.75) is 89.9 Å². The number of methoxy groups -OCH3 is 2. The molecule has 0 spiro atoms. The lowest BCUT2D eigenvalue weighted by molar-refractivity contribution is -0.137. The summed E-state index contributed by atoms with van der Waals surface area (Å²) in [6.07, 6.45) is 1.13. The van der Waals surface area contributed by atoms with E-state index in [0.29, 0.717) is 28.8 Å². The predicted octanol–water partition coefficient (Wildman–Crippen LogP) is 7.98. The molecule has 14 nitrogen and oxygen atoms in total. The van der Waals surface area contributed by atoms with Gasteiger partial charge in [0.1, 0.15) is 23.7 Å². The minimum absolute atomic E-state index is 0.113. The van der Waals surface area contributed by atoms with E-state index in [9.17, 15) is 19.2 Å². The fraction of sp³-hybridized carbons (Fsp3) is 0.455. The second kappa shape index (κ2) is 15.9. The molecule has 8 rings (SSSR count). The molecule has 0 unspecified atom stereocenters. The van der Waals surface area contributed by atoms with Gasteiger partial charge in [-0.3, -0.25) is 9.59 Å². The van der Waals surface area contributed by atoms with E-state index in [0.717, 1.165) is 63.2 Å². The summed E-state index contributed by atoms with van der Waals surface area (Å²) in [5.41, 5.74) is 5.38. The van der Waals surface area contributed by atoms with Crippen molar-refractivity contribution in [2.75, 3.05) is 20.4 Å². The minimum atomic E-state index is -1.78. The highest BCUT2D eigenvalue weighted by Crippen LogP contribution is 2.54. The quantitative estimate of drug-likeness (QED) is 0.102. The Kier molecular flexibility index (Phi) is 10.9. The van der Waals surface area contributed by atoms with E-state index in [4.69, 9.17) is 26.1 Å². The Bertz CT molecular complexity index is 2480. The number of fused-ring (bicyclic) bond motifs is 4. The lowest BCUT2D eigenvalue weighted by Crippen LogP contribution is -2.52. The van der Waals surface area contributed by atoms with Gasteiger partial charge in [0.25, 0.3) is 0 Å². The van der Waals surface area contributed by atoms with E-state index >= 15 is 0 Å². The lowest BCUT2D eigenvalue weighted by Gasteiger charge is -2.32. The average molecular weight is 853 g/mol. The van der Waals surface area contributed by atoms with Gasteiger partial charge in [0.05, 0.1) is 51.1 Å². The van der Waals surface area contributed by atoms with Gasteiger partial charge < -0.3 is 39.9 Å². The standard InChI is InChI=1S/C44H53ClN8O6Si/c1-22(2)34(49-43(56)58-5)41(54)52-21-60(7,8)20-33(52)40-46-30-16-14-27-17-26(13-15-29(27)36(30)47-40)24-9-11-25(12-10-24)39-48-37(38(45)51-39)32-19-28-18-31(28)53(32)42(55)35(23(3)4)50-44(57)59-6/h9-17,22-23,28,31-35H,18-21H2,1-8H3,(H,46,47)(H,48,51)(H,49,56)(H,50,57)/t28-,31-,32+,33-,34-,35+/m0/s1. The van der Waals surface area contributed by atoms with Gasteiger partial charge in [-0.2, -0.15) is 0 Å². The molecule has 2 aliphatic heterocycles. The molecular formula is C44H53ClN8O6Si. The SMILES string of the molecule is COC(=O)N[C@H](C(=O)N1C[Si](C)(C)C[C@H]1c1nc2c(ccc3cc(-c4ccc(-c5nc(Cl)c([C@H]6C[C@@H]7C[C@@H]7N6C(=O)[C@H](NC(=O)OC)C(C)C)[nH]5)cc4)ccc32)[nH]1)C(C)C. The van der Waals surface area contributed by atoms with E-state index < -0.39 is 32.3 Å². The van der Waals surface area contributed by atoms with Gasteiger partial charge in [0.2, 0.25) is 11.8 Å². The maximum Gasteiger partial charge on any atom is 0.407 e. The van der Waals surface area contributed by atoms with Crippen molar-refractivity contribution in [3.63, 3.8) is 0 Å². The summed E-state index contributed by atoms with van der Waals surface area (Å²) in [5, 5.41) is 7.85. The van der Waals surface area contributed by atoms with E-state index in [2.05, 4.69) is 75.1 Å². The highest BCUT2D eigenvalue weighted by atomic mass is 35.5. The molecule has 316 valence electrons. The van der Waals surface area contributed by atoms with Gasteiger partial charge >= 0.3 is 12.2 Å². The number of amides is 4. The van der Waals surface area contributed by atoms with Crippen molar-refractivity contribution in [1.82, 2.24) is 40.4 Å². The van der Waals surface area contributed by atoms with Gasteiger partial charge in [-0.15, -0.1) is 0 Å². The Morgan fingerprint density at radius 2 is 1.43 bits per heavy atom. The summed E-state index contributed by atoms with van der Waals surface area (Å²) in [6.45, 7) is 12.2. The molecule has 2 aromatic heterocycles. The fourth-order valence-electron chi connectivity index (χ4n) is 9.22. The summed E-state index contributed by atoms with van der Waals surface area (Å²) >= 11 is 6.79. The molecule has 3 aliphatic rings. The Morgan fingerprint density at radius 3 is 2.08 bits per heavy atom. The van der Waals surface area contributed by atoms with Crippen molar-refractivity contribution in [3.8, 4) is 22.5 Å². The number of piperidine rings is 1. The van der Waals surface area contributed by atoms with Crippen LogP contribution in [0.15, 0.2) is 54.6 Å². The number of alkyl carbamates (subject to hydrolysis) is 2. The number of carbonyl (C=O) groups is 4. The first-order chi connectivity index (χ1) is 28.6. The van der Waals surface area contributed by atoms with Crippen molar-refractivity contribution in [1.29, 1.82) is 0 Å². The molecule has 4 amide bonds. The molecule has 6 atom stereocenters. The van der Waals surface area contributed by atoms with Gasteiger partial charge in [-0.25, -0.2) is 19.6 Å². The number of hydrogen-bond donors (Lipinski definition) is 4. The van der Waals surface area contributed by atoms with Crippen LogP contribution in [0.2, 0.25) is 24.3 Å². The third-order valence-electron chi connectivity index (χ3n) is 12.5. The zero-order chi connectivity index (χ0) is 42.8. The number of nitrogens with zero attached hydrogens (tertiary/aromatic N) is 4. The summed E-state index contributed by atoms with van der Waals surface area (Å²) < 4.78 is 9.64. The summed E-state index contributed by atoms with van der Waals surface area (Å²) in [5.74, 6) is 1.24. The van der Waals surface area contributed by atoms with Crippen LogP contribution in [0.1, 0.15) is 64.1 Å². The molecule has 0 radical (unpaired) electrons. The molecular weight excluding hydrogens is 800 g/mol. The zero-order valence-electron chi connectivity index (χ0n) is 35.3. The molecule has 3 fully saturated rings. The van der Waals surface area contributed by atoms with Gasteiger partial charge in [-0.05, 0) is 65.3 Å². The highest BCUT2D eigenvalue weighted by Gasteiger charge is 2.56. The van der Waals surface area contributed by atoms with Crippen LogP contribution in [0.3, 0.4) is 0 Å². The molecule has 1 saturated carbocycles. The third-order valence-corrected chi connectivity index (χ3v) is 15.4. The molecule has 4 N–H and O–H groups in total. The number of likely N-dealkylation sites (tertiary alicyclic amines) is 1. The molecule has 16 heteroatoms. The number of hydrogen-bond acceptors (Lipinski definition) is 8. The predicted molar refractivity (Wildman–Crippen MR) is 233 cm³/mol. The lowest BCUT2D eigenvalue weighted by atomic mass is 9.99. The van der Waals surface area contributed by atoms with Crippen LogP contribution in [0, 0.1) is 17.8 Å². The average Bonchev–Trinajstić information content (AvgIpc) is 3.55. The van der Waals surface area contributed by atoms with Crippen LogP contribution < -0.4 is 10.6 Å². The maximum atomic E-state index is 14.0. The molecule has 60 heavy (non-hydrogen) atoms. The smallest absolute Gasteiger partial charge is 0.407 e. The number of aromatic amines is 2. The van der Waals surface area contributed by atoms with E-state index in [-0.39, 0.29) is 41.8 Å². The van der Waals surface area contributed by atoms with Gasteiger partial charge in [0, 0.05) is 23.2 Å². The highest BCUT2D eigenvalue weighted by molar-refractivity contribution is 6.78. The number of ether oxygens (including phenoxy) is 2. The van der Waals surface area contributed by atoms with Gasteiger partial charge in [0.15, 0.2) is 5.15 Å². The van der Waals surface area contributed by atoms with E-state index in [1.165, 1.54) is 14.2 Å². The van der Waals surface area contributed by atoms with E-state index in [1.807, 2.05) is 55.7 Å². The van der Waals surface area contributed by atoms with Crippen molar-refractivity contribution < 1.29 is 28.7 Å². The molecule has 5 aromatic rings. The van der Waals surface area contributed by atoms with Crippen LogP contribution in [0.4, 0.5) is 9.59 Å². The first-order valence-electron chi connectivity index (χ1n) is 20.7. The second-order valence-corrected chi connectivity index (χ2v) is 23.4. The van der Waals surface area contributed by atoms with E-state index in [1.54, 1.807) is 0 Å². The monoisotopic (exact) mass is 852 g/mol. The van der Waals surface area contributed by atoms with Crippen LogP contribution in [-0.4, -0.2) is 100 Å². The zero-order valence-corrected chi connectivity index (χ0v) is 37.0. The minimum Gasteiger partial charge on any atom is -0.453 e. The Morgan fingerprint density at radius 1 is 0.800 bits per heavy atom. The van der Waals surface area contributed by atoms with Crippen LogP contribution in [0.5, 0.6) is 0 Å². The van der Waals surface area contributed by atoms with Crippen LogP contribution in [-0.2, 0) is 19.1 Å². The number of rotatable bonds is 10. The summed E-state index contributed by atoms with van der Waals surface area (Å²) in [4.78, 5) is 72.8. The first-order valence-corrected chi connectivity index (χ1v) is 24.5. The molecule has 2 saturated heterocycles. The number of nitrogens with one attached hydrogen (secondary N) is 4. The van der Waals surface area contributed by atoms with Crippen LogP contribution in [0.25, 0.3) is 44.3 Å². The summed E-state index contributed by atoms with van der Waals surface area (Å²) in [6, 6.07) is 17.7. The number of H-pyrrole nitrogens is 2. The Balaban J connectivity index is 1.02. The topological polar surface area (TPSA) is 175 Å². The molecule has 3 aromatic carbocycles. The number of aromatic nitrogens is 4. The number of carbonyl (C=O) groups excluding carboxylic acids is 4. The number of halogens is 1. The number of benzene rings is 3. The van der Waals surface area contributed by atoms with Crippen molar-refractivity contribution in [2.24, 2.45) is 17.8 Å². The largest absolute Gasteiger partial charge is 0.453 e. The molecule has 4 heterocycles. The third kappa shape index (κ3) is 7.73. The fourth-order valence-corrected chi connectivity index (χ4v) is 12.4. The molecule has 1 aliphatic carbocycles. The van der Waals surface area contributed by atoms with Crippen molar-refractivity contribution in [3.05, 3.63) is 71.3 Å². The normalized spacial score (nSPS) is 21.6. The Hall–Kier alpha value is -5.41. The summed E-state index contributed by atoms with van der Waals surface area (Å²) in [7, 11) is 0.807. The first kappa shape index (κ1) is 41.3. The second-order valence-electron chi connectivity index (χ2n) is 18.0. The van der Waals surface area contributed by atoms with Gasteiger partial charge in [-0.1, -0.05) is 94.9 Å². The Labute approximate surface area is 355 Å².